The number of carbonyl (C=O) groups is 1. The molecule has 0 unspecified atom stereocenters. The van der Waals surface area contributed by atoms with Crippen LogP contribution in [0, 0.1) is 5.92 Å². The van der Waals surface area contributed by atoms with Gasteiger partial charge in [0.05, 0.1) is 23.0 Å². The van der Waals surface area contributed by atoms with Gasteiger partial charge in [-0.3, -0.25) is 9.78 Å². The van der Waals surface area contributed by atoms with Gasteiger partial charge >= 0.3 is 0 Å². The number of hydrogen-bond acceptors (Lipinski definition) is 9. The molecule has 2 aliphatic heterocycles. The minimum absolute atomic E-state index is 0.192. The molecule has 1 saturated heterocycles. The second-order valence-electron chi connectivity index (χ2n) is 13.7. The maximum atomic E-state index is 13.6. The first-order chi connectivity index (χ1) is 20.1. The summed E-state index contributed by atoms with van der Waals surface area (Å²) in [5.41, 5.74) is 2.35. The van der Waals surface area contributed by atoms with Crippen molar-refractivity contribution in [2.24, 2.45) is 5.92 Å². The molecule has 10 nitrogen and oxygen atoms in total. The lowest BCUT2D eigenvalue weighted by Crippen LogP contribution is -2.41. The topological polar surface area (TPSA) is 120 Å². The number of sulfonamides is 1. The minimum atomic E-state index is -4.27. The van der Waals surface area contributed by atoms with Gasteiger partial charge in [0.1, 0.15) is 11.6 Å². The van der Waals surface area contributed by atoms with Crippen molar-refractivity contribution in [3.05, 3.63) is 71.2 Å². The zero-order chi connectivity index (χ0) is 31.2. The maximum Gasteiger partial charge on any atom is 0.281 e. The molecular formula is C32H43N7O3S. The molecule has 5 heterocycles. The number of anilines is 2. The monoisotopic (exact) mass is 605 g/mol. The third kappa shape index (κ3) is 6.83. The first-order valence-electron chi connectivity index (χ1n) is 14.8. The molecule has 2 aliphatic rings. The van der Waals surface area contributed by atoms with Gasteiger partial charge in [-0.05, 0) is 89.5 Å². The molecule has 1 amide bonds. The second kappa shape index (κ2) is 11.5. The van der Waals surface area contributed by atoms with Gasteiger partial charge in [-0.25, -0.2) is 14.7 Å². The van der Waals surface area contributed by atoms with Gasteiger partial charge in [0, 0.05) is 29.7 Å². The Hall–Kier alpha value is -3.57. The van der Waals surface area contributed by atoms with Crippen LogP contribution in [0.2, 0.25) is 0 Å². The molecule has 11 heteroatoms. The lowest BCUT2D eigenvalue weighted by molar-refractivity contribution is 0.0981. The smallest absolute Gasteiger partial charge is 0.281 e. The summed E-state index contributed by atoms with van der Waals surface area (Å²) in [4.78, 5) is 32.3. The number of pyridine rings is 3. The summed E-state index contributed by atoms with van der Waals surface area (Å²) >= 11 is 0. The number of fused-ring (bicyclic) bond motifs is 6. The molecule has 3 aromatic rings. The third-order valence-electron chi connectivity index (χ3n) is 8.18. The molecule has 0 spiro atoms. The fraction of sp³-hybridized carbons (Fsp3) is 0.500. The van der Waals surface area contributed by atoms with E-state index in [1.165, 1.54) is 6.07 Å². The number of hydrogen-bond donors (Lipinski definition) is 2. The van der Waals surface area contributed by atoms with Gasteiger partial charge < -0.3 is 15.1 Å². The number of nitrogens with zero attached hydrogens (tertiary/aromatic N) is 5. The Kier molecular flexibility index (Phi) is 8.26. The molecule has 3 aromatic heterocycles. The third-order valence-corrected chi connectivity index (χ3v) is 9.41. The fourth-order valence-electron chi connectivity index (χ4n) is 6.06. The van der Waals surface area contributed by atoms with Crippen molar-refractivity contribution < 1.29 is 13.2 Å². The van der Waals surface area contributed by atoms with Crippen molar-refractivity contribution in [1.29, 1.82) is 0 Å². The van der Waals surface area contributed by atoms with Crippen molar-refractivity contribution >= 4 is 27.6 Å². The average molecular weight is 606 g/mol. The van der Waals surface area contributed by atoms with Crippen molar-refractivity contribution in [2.45, 2.75) is 82.4 Å². The second-order valence-corrected chi connectivity index (χ2v) is 15.3. The summed E-state index contributed by atoms with van der Waals surface area (Å²) in [6.07, 6.45) is 2.57. The zero-order valence-corrected chi connectivity index (χ0v) is 27.0. The van der Waals surface area contributed by atoms with Crippen molar-refractivity contribution in [1.82, 2.24) is 24.6 Å². The van der Waals surface area contributed by atoms with Crippen LogP contribution in [0.15, 0.2) is 53.6 Å². The lowest BCUT2D eigenvalue weighted by Gasteiger charge is -2.34. The SMILES string of the molecule is CN(C)Cc1cccc([C@H]2CC[C@@H]3CN(c4nc(C(C)(C)C)ccc4C(=O)NS(=O)(=O)c4cccc(n4)N2)C(C)(C)C3)n1. The van der Waals surface area contributed by atoms with E-state index in [0.717, 1.165) is 36.3 Å². The van der Waals surface area contributed by atoms with E-state index in [9.17, 15) is 13.2 Å². The van der Waals surface area contributed by atoms with Gasteiger partial charge in [-0.2, -0.15) is 8.42 Å². The van der Waals surface area contributed by atoms with E-state index in [1.807, 2.05) is 38.4 Å². The van der Waals surface area contributed by atoms with E-state index in [4.69, 9.17) is 9.97 Å². The van der Waals surface area contributed by atoms with E-state index in [-0.39, 0.29) is 27.6 Å². The number of aromatic nitrogens is 3. The van der Waals surface area contributed by atoms with E-state index in [2.05, 4.69) is 59.4 Å². The lowest BCUT2D eigenvalue weighted by atomic mass is 9.90. The van der Waals surface area contributed by atoms with Crippen LogP contribution in [0.3, 0.4) is 0 Å². The number of nitrogens with one attached hydrogen (secondary N) is 2. The minimum Gasteiger partial charge on any atom is -0.362 e. The first-order valence-corrected chi connectivity index (χ1v) is 16.3. The molecule has 230 valence electrons. The maximum absolute atomic E-state index is 13.6. The number of amides is 1. The molecule has 43 heavy (non-hydrogen) atoms. The van der Waals surface area contributed by atoms with Gasteiger partial charge in [-0.15, -0.1) is 0 Å². The molecule has 2 N–H and O–H groups in total. The molecule has 1 fully saturated rings. The average Bonchev–Trinajstić information content (AvgIpc) is 3.23. The summed E-state index contributed by atoms with van der Waals surface area (Å²) in [6, 6.07) is 14.1. The standard InChI is InChI=1S/C32H43N7O3S/c1-31(2,3)26-17-15-23-29(35-26)39-19-21(18-32(39,4)5)14-16-25(24-11-8-10-22(33-24)20-38(6)7)34-27-12-9-13-28(36-27)43(41,42)37-30(23)40/h8-13,15,17,21,25H,14,16,18-20H2,1-7H3,(H,34,36)(H,37,40)/t21-,25+/m0/s1. The Labute approximate surface area is 255 Å². The molecule has 2 atom stereocenters. The highest BCUT2D eigenvalue weighted by molar-refractivity contribution is 7.90. The summed E-state index contributed by atoms with van der Waals surface area (Å²) in [5.74, 6) is 0.516. The van der Waals surface area contributed by atoms with Gasteiger partial charge in [0.25, 0.3) is 15.9 Å². The van der Waals surface area contributed by atoms with Gasteiger partial charge in [-0.1, -0.05) is 32.9 Å². The van der Waals surface area contributed by atoms with Crippen molar-refractivity contribution in [3.63, 3.8) is 0 Å². The largest absolute Gasteiger partial charge is 0.362 e. The Morgan fingerprint density at radius 3 is 2.47 bits per heavy atom. The molecule has 4 bridgehead atoms. The van der Waals surface area contributed by atoms with Crippen LogP contribution in [0.1, 0.15) is 87.4 Å². The fourth-order valence-corrected chi connectivity index (χ4v) is 6.99. The van der Waals surface area contributed by atoms with Crippen molar-refractivity contribution in [2.75, 3.05) is 30.9 Å². The highest BCUT2D eigenvalue weighted by Gasteiger charge is 2.41. The Balaban J connectivity index is 1.61. The molecule has 0 aliphatic carbocycles. The Bertz CT molecular complexity index is 1620. The van der Waals surface area contributed by atoms with Crippen LogP contribution in [0.4, 0.5) is 11.6 Å². The Morgan fingerprint density at radius 2 is 1.74 bits per heavy atom. The number of rotatable bonds is 3. The molecule has 0 radical (unpaired) electrons. The van der Waals surface area contributed by atoms with Crippen LogP contribution >= 0.6 is 0 Å². The molecule has 0 saturated carbocycles. The van der Waals surface area contributed by atoms with E-state index >= 15 is 0 Å². The highest BCUT2D eigenvalue weighted by atomic mass is 32.2. The van der Waals surface area contributed by atoms with E-state index in [0.29, 0.717) is 30.6 Å². The van der Waals surface area contributed by atoms with E-state index < -0.39 is 15.9 Å². The highest BCUT2D eigenvalue weighted by Crippen LogP contribution is 2.41. The molecular weight excluding hydrogens is 562 g/mol. The summed E-state index contributed by atoms with van der Waals surface area (Å²) in [6.45, 7) is 12.0. The summed E-state index contributed by atoms with van der Waals surface area (Å²) < 4.78 is 29.2. The van der Waals surface area contributed by atoms with Crippen molar-refractivity contribution in [3.8, 4) is 0 Å². The van der Waals surface area contributed by atoms with Gasteiger partial charge in [0.15, 0.2) is 5.03 Å². The van der Waals surface area contributed by atoms with Crippen LogP contribution in [-0.2, 0) is 22.0 Å². The van der Waals surface area contributed by atoms with Crippen LogP contribution < -0.4 is 14.9 Å². The zero-order valence-electron chi connectivity index (χ0n) is 26.2. The number of carbonyl (C=O) groups excluding carboxylic acids is 1. The molecule has 5 rings (SSSR count). The summed E-state index contributed by atoms with van der Waals surface area (Å²) in [5, 5.41) is 3.22. The van der Waals surface area contributed by atoms with Crippen LogP contribution in [-0.4, -0.2) is 60.4 Å². The quantitative estimate of drug-likeness (QED) is 0.429. The normalized spacial score (nSPS) is 21.8. The summed E-state index contributed by atoms with van der Waals surface area (Å²) in [7, 11) is -0.252. The van der Waals surface area contributed by atoms with Gasteiger partial charge in [0.2, 0.25) is 0 Å². The predicted molar refractivity (Wildman–Crippen MR) is 169 cm³/mol. The van der Waals surface area contributed by atoms with Crippen LogP contribution in [0.5, 0.6) is 0 Å². The van der Waals surface area contributed by atoms with Crippen LogP contribution in [0.25, 0.3) is 0 Å². The Morgan fingerprint density at radius 1 is 1.00 bits per heavy atom. The first kappa shape index (κ1) is 30.9. The molecule has 0 aromatic carbocycles. The van der Waals surface area contributed by atoms with E-state index in [1.54, 1.807) is 18.2 Å². The predicted octanol–water partition coefficient (Wildman–Crippen LogP) is 4.90.